The summed E-state index contributed by atoms with van der Waals surface area (Å²) in [5, 5.41) is 20.1. The Kier molecular flexibility index (Phi) is 5.61. The monoisotopic (exact) mass is 368 g/mol. The number of carbonyl (C=O) groups excluding carboxylic acids is 1. The minimum atomic E-state index is -0.547. The van der Waals surface area contributed by atoms with E-state index >= 15 is 0 Å². The number of thioether (sulfide) groups is 1. The summed E-state index contributed by atoms with van der Waals surface area (Å²) in [5.74, 6) is 0.675. The van der Waals surface area contributed by atoms with Gasteiger partial charge in [0.25, 0.3) is 5.91 Å². The van der Waals surface area contributed by atoms with Gasteiger partial charge < -0.3 is 4.42 Å². The van der Waals surface area contributed by atoms with Crippen LogP contribution in [0.2, 0.25) is 0 Å². The molecular formula is C17H12N4O2S2. The van der Waals surface area contributed by atoms with E-state index in [9.17, 15) is 10.1 Å². The van der Waals surface area contributed by atoms with Gasteiger partial charge in [-0.15, -0.1) is 10.2 Å². The second-order valence-corrected chi connectivity index (χ2v) is 6.61. The van der Waals surface area contributed by atoms with Crippen molar-refractivity contribution in [3.8, 4) is 6.07 Å². The average molecular weight is 368 g/mol. The Bertz CT molecular complexity index is 912. The summed E-state index contributed by atoms with van der Waals surface area (Å²) < 4.78 is 5.65. The van der Waals surface area contributed by atoms with E-state index in [0.29, 0.717) is 10.9 Å². The lowest BCUT2D eigenvalue weighted by Gasteiger charge is -1.99. The first-order valence-electron chi connectivity index (χ1n) is 7.20. The van der Waals surface area contributed by atoms with Crippen molar-refractivity contribution in [2.45, 2.75) is 10.8 Å². The van der Waals surface area contributed by atoms with Crippen LogP contribution in [0.25, 0.3) is 6.08 Å². The van der Waals surface area contributed by atoms with Crippen LogP contribution >= 0.6 is 23.1 Å². The number of anilines is 1. The van der Waals surface area contributed by atoms with Gasteiger partial charge in [-0.1, -0.05) is 53.4 Å². The van der Waals surface area contributed by atoms with Crippen molar-refractivity contribution in [2.75, 3.05) is 5.32 Å². The molecule has 0 spiro atoms. The number of aromatic nitrogens is 2. The third-order valence-corrected chi connectivity index (χ3v) is 4.65. The number of rotatable bonds is 6. The molecule has 0 radical (unpaired) electrons. The highest BCUT2D eigenvalue weighted by Gasteiger charge is 2.12. The average Bonchev–Trinajstić information content (AvgIpc) is 3.30. The van der Waals surface area contributed by atoms with Gasteiger partial charge in [-0.05, 0) is 17.7 Å². The van der Waals surface area contributed by atoms with E-state index < -0.39 is 5.91 Å². The lowest BCUT2D eigenvalue weighted by Crippen LogP contribution is -2.13. The second kappa shape index (κ2) is 8.28. The molecule has 1 N–H and O–H groups in total. The Morgan fingerprint density at radius 2 is 2.16 bits per heavy atom. The van der Waals surface area contributed by atoms with E-state index in [0.717, 1.165) is 10.8 Å². The van der Waals surface area contributed by atoms with E-state index in [1.165, 1.54) is 28.5 Å². The first kappa shape index (κ1) is 17.0. The molecule has 0 unspecified atom stereocenters. The smallest absolute Gasteiger partial charge is 0.268 e. The standard InChI is InChI=1S/C17H12N4O2S2/c18-9-13(16(22)20-17-21-19-11-25-17)8-14-6-7-15(23-14)24-10-12-4-2-1-3-5-12/h1-8,11H,10H2,(H,20,21,22)/b13-8-. The van der Waals surface area contributed by atoms with E-state index in [4.69, 9.17) is 4.42 Å². The fourth-order valence-corrected chi connectivity index (χ4v) is 3.16. The molecule has 0 aliphatic heterocycles. The first-order valence-corrected chi connectivity index (χ1v) is 9.07. The highest BCUT2D eigenvalue weighted by Crippen LogP contribution is 2.26. The molecule has 0 saturated carbocycles. The fourth-order valence-electron chi connectivity index (χ4n) is 1.90. The molecule has 3 aromatic rings. The summed E-state index contributed by atoms with van der Waals surface area (Å²) in [4.78, 5) is 12.1. The third kappa shape index (κ3) is 4.79. The zero-order valence-corrected chi connectivity index (χ0v) is 14.5. The van der Waals surface area contributed by atoms with Crippen LogP contribution < -0.4 is 5.32 Å². The number of hydrogen-bond acceptors (Lipinski definition) is 7. The molecule has 0 aliphatic carbocycles. The van der Waals surface area contributed by atoms with Gasteiger partial charge in [-0.2, -0.15) is 5.26 Å². The van der Waals surface area contributed by atoms with Gasteiger partial charge in [0.1, 0.15) is 22.9 Å². The van der Waals surface area contributed by atoms with Crippen LogP contribution in [0.1, 0.15) is 11.3 Å². The summed E-state index contributed by atoms with van der Waals surface area (Å²) >= 11 is 2.72. The van der Waals surface area contributed by atoms with Crippen molar-refractivity contribution >= 4 is 40.2 Å². The lowest BCUT2D eigenvalue weighted by molar-refractivity contribution is -0.112. The highest BCUT2D eigenvalue weighted by molar-refractivity contribution is 7.98. The zero-order valence-electron chi connectivity index (χ0n) is 12.9. The van der Waals surface area contributed by atoms with Gasteiger partial charge in [0.2, 0.25) is 5.13 Å². The largest absolute Gasteiger partial charge is 0.450 e. The number of nitrogens with one attached hydrogen (secondary N) is 1. The first-order chi connectivity index (χ1) is 12.2. The lowest BCUT2D eigenvalue weighted by atomic mass is 10.2. The number of furan rings is 1. The number of nitrogens with zero attached hydrogens (tertiary/aromatic N) is 3. The Balaban J connectivity index is 1.64. The van der Waals surface area contributed by atoms with Gasteiger partial charge >= 0.3 is 0 Å². The Labute approximate surface area is 152 Å². The molecule has 0 aliphatic rings. The van der Waals surface area contributed by atoms with Crippen LogP contribution in [0.3, 0.4) is 0 Å². The molecule has 3 rings (SSSR count). The van der Waals surface area contributed by atoms with Crippen molar-refractivity contribution in [3.63, 3.8) is 0 Å². The molecule has 25 heavy (non-hydrogen) atoms. The molecular weight excluding hydrogens is 356 g/mol. The molecule has 0 bridgehead atoms. The molecule has 1 aromatic carbocycles. The highest BCUT2D eigenvalue weighted by atomic mass is 32.2. The summed E-state index contributed by atoms with van der Waals surface area (Å²) in [5.41, 5.74) is 2.62. The van der Waals surface area contributed by atoms with Gasteiger partial charge in [-0.25, -0.2) is 0 Å². The predicted molar refractivity (Wildman–Crippen MR) is 96.8 cm³/mol. The van der Waals surface area contributed by atoms with Crippen LogP contribution in [0.5, 0.6) is 0 Å². The SMILES string of the molecule is N#C/C(=C/c1ccc(SCc2ccccc2)o1)C(=O)Nc1nncs1. The van der Waals surface area contributed by atoms with Gasteiger partial charge in [0, 0.05) is 11.8 Å². The van der Waals surface area contributed by atoms with Crippen molar-refractivity contribution in [2.24, 2.45) is 0 Å². The molecule has 2 aromatic heterocycles. The van der Waals surface area contributed by atoms with Gasteiger partial charge in [0.15, 0.2) is 5.09 Å². The Morgan fingerprint density at radius 3 is 2.88 bits per heavy atom. The third-order valence-electron chi connectivity index (χ3n) is 3.06. The number of amides is 1. The van der Waals surface area contributed by atoms with Crippen molar-refractivity contribution in [1.82, 2.24) is 10.2 Å². The Hall–Kier alpha value is -2.89. The maximum Gasteiger partial charge on any atom is 0.268 e. The number of benzene rings is 1. The minimum absolute atomic E-state index is 0.0656. The summed E-state index contributed by atoms with van der Waals surface area (Å²) in [7, 11) is 0. The fraction of sp³-hybridized carbons (Fsp3) is 0.0588. The van der Waals surface area contributed by atoms with E-state index in [-0.39, 0.29) is 5.57 Å². The van der Waals surface area contributed by atoms with Crippen molar-refractivity contribution in [1.29, 1.82) is 5.26 Å². The maximum atomic E-state index is 12.1. The quantitative estimate of drug-likeness (QED) is 0.402. The molecule has 2 heterocycles. The van der Waals surface area contributed by atoms with Crippen LogP contribution in [0.15, 0.2) is 63.1 Å². The normalized spacial score (nSPS) is 11.1. The minimum Gasteiger partial charge on any atom is -0.450 e. The van der Waals surface area contributed by atoms with Crippen molar-refractivity contribution in [3.05, 3.63) is 64.9 Å². The van der Waals surface area contributed by atoms with Gasteiger partial charge in [-0.3, -0.25) is 10.1 Å². The predicted octanol–water partition coefficient (Wildman–Crippen LogP) is 3.97. The Morgan fingerprint density at radius 1 is 1.32 bits per heavy atom. The van der Waals surface area contributed by atoms with Crippen LogP contribution in [-0.2, 0) is 10.5 Å². The zero-order chi connectivity index (χ0) is 17.5. The molecule has 0 saturated heterocycles. The molecule has 0 atom stereocenters. The van der Waals surface area contributed by atoms with Crippen LogP contribution in [0.4, 0.5) is 5.13 Å². The molecule has 1 amide bonds. The van der Waals surface area contributed by atoms with Crippen LogP contribution in [-0.4, -0.2) is 16.1 Å². The number of hydrogen-bond donors (Lipinski definition) is 1. The summed E-state index contributed by atoms with van der Waals surface area (Å²) in [6.07, 6.45) is 1.41. The summed E-state index contributed by atoms with van der Waals surface area (Å²) in [6.45, 7) is 0. The number of carbonyl (C=O) groups is 1. The molecule has 8 heteroatoms. The number of nitriles is 1. The van der Waals surface area contributed by atoms with E-state index in [1.54, 1.807) is 17.8 Å². The van der Waals surface area contributed by atoms with Gasteiger partial charge in [0.05, 0.1) is 0 Å². The molecule has 0 fully saturated rings. The molecule has 6 nitrogen and oxygen atoms in total. The van der Waals surface area contributed by atoms with E-state index in [1.807, 2.05) is 42.5 Å². The van der Waals surface area contributed by atoms with E-state index in [2.05, 4.69) is 15.5 Å². The maximum absolute atomic E-state index is 12.1. The second-order valence-electron chi connectivity index (χ2n) is 4.80. The van der Waals surface area contributed by atoms with Crippen LogP contribution in [0, 0.1) is 11.3 Å². The van der Waals surface area contributed by atoms with Crippen molar-refractivity contribution < 1.29 is 9.21 Å². The molecule has 124 valence electrons. The summed E-state index contributed by atoms with van der Waals surface area (Å²) in [6, 6.07) is 15.4. The topological polar surface area (TPSA) is 91.8 Å².